The second kappa shape index (κ2) is 8.45. The lowest BCUT2D eigenvalue weighted by molar-refractivity contribution is 0.340. The summed E-state index contributed by atoms with van der Waals surface area (Å²) < 4.78 is 16.4. The van der Waals surface area contributed by atoms with Crippen LogP contribution in [0.1, 0.15) is 12.8 Å². The zero-order valence-electron chi connectivity index (χ0n) is 14.8. The first-order chi connectivity index (χ1) is 13.7. The van der Waals surface area contributed by atoms with Gasteiger partial charge in [-0.3, -0.25) is 0 Å². The summed E-state index contributed by atoms with van der Waals surface area (Å²) in [5.41, 5.74) is 1.66. The van der Waals surface area contributed by atoms with Gasteiger partial charge in [0.25, 0.3) is 5.22 Å². The molecular formula is C19H15ClN4O3S. The Morgan fingerprint density at radius 3 is 2.50 bits per heavy atom. The molecule has 9 heteroatoms. The summed E-state index contributed by atoms with van der Waals surface area (Å²) in [5, 5.41) is 13.2. The topological polar surface area (TPSA) is 87.1 Å². The zero-order chi connectivity index (χ0) is 19.3. The largest absolute Gasteiger partial charge is 0.494 e. The van der Waals surface area contributed by atoms with Gasteiger partial charge in [-0.2, -0.15) is 4.98 Å². The minimum atomic E-state index is 0.422. The van der Waals surface area contributed by atoms with Gasteiger partial charge in [0.2, 0.25) is 17.6 Å². The van der Waals surface area contributed by atoms with Gasteiger partial charge >= 0.3 is 0 Å². The van der Waals surface area contributed by atoms with E-state index in [4.69, 9.17) is 25.3 Å². The van der Waals surface area contributed by atoms with E-state index in [1.54, 1.807) is 12.1 Å². The number of halogens is 1. The first kappa shape index (κ1) is 18.5. The molecule has 0 saturated heterocycles. The Hall–Kier alpha value is -2.84. The minimum absolute atomic E-state index is 0.422. The Kier molecular flexibility index (Phi) is 5.59. The van der Waals surface area contributed by atoms with E-state index in [-0.39, 0.29) is 0 Å². The maximum Gasteiger partial charge on any atom is 0.277 e. The lowest BCUT2D eigenvalue weighted by Crippen LogP contribution is -1.90. The average molecular weight is 415 g/mol. The molecule has 2 heterocycles. The number of thioether (sulfide) groups is 1. The molecule has 4 rings (SSSR count). The molecule has 0 spiro atoms. The van der Waals surface area contributed by atoms with Crippen molar-refractivity contribution in [2.45, 2.75) is 17.9 Å². The van der Waals surface area contributed by atoms with Crippen molar-refractivity contribution < 1.29 is 13.7 Å². The highest BCUT2D eigenvalue weighted by atomic mass is 35.5. The Balaban J connectivity index is 1.39. The van der Waals surface area contributed by atoms with Crippen LogP contribution in [0.4, 0.5) is 0 Å². The summed E-state index contributed by atoms with van der Waals surface area (Å²) in [6, 6.07) is 14.7. The van der Waals surface area contributed by atoms with Crippen molar-refractivity contribution in [1.29, 1.82) is 0 Å². The minimum Gasteiger partial charge on any atom is -0.494 e. The molecule has 7 nitrogen and oxygen atoms in total. The second-order valence-electron chi connectivity index (χ2n) is 5.64. The number of ether oxygens (including phenoxy) is 1. The van der Waals surface area contributed by atoms with Crippen LogP contribution in [0.15, 0.2) is 62.7 Å². The number of nitrogens with zero attached hydrogens (tertiary/aromatic N) is 4. The third-order valence-electron chi connectivity index (χ3n) is 3.71. The van der Waals surface area contributed by atoms with Crippen LogP contribution in [0.3, 0.4) is 0 Å². The number of benzene rings is 2. The Morgan fingerprint density at radius 1 is 1.00 bits per heavy atom. The zero-order valence-corrected chi connectivity index (χ0v) is 16.4. The lowest BCUT2D eigenvalue weighted by atomic mass is 10.2. The molecule has 0 aliphatic carbocycles. The van der Waals surface area contributed by atoms with Gasteiger partial charge in [-0.1, -0.05) is 28.5 Å². The van der Waals surface area contributed by atoms with Crippen molar-refractivity contribution in [1.82, 2.24) is 20.3 Å². The highest BCUT2D eigenvalue weighted by molar-refractivity contribution is 7.98. The lowest BCUT2D eigenvalue weighted by Gasteiger charge is -2.02. The first-order valence-electron chi connectivity index (χ1n) is 8.49. The van der Waals surface area contributed by atoms with Crippen LogP contribution in [0, 0.1) is 0 Å². The standard InChI is InChI=1S/C19H15ClN4O3S/c1-2-25-15-9-5-13(6-10-15)18-22-23-19(26-18)28-11-16-21-17(24-27-16)12-3-7-14(20)8-4-12/h3-10H,2,11H2,1H3. The molecule has 0 aliphatic heterocycles. The Morgan fingerprint density at radius 2 is 1.75 bits per heavy atom. The fraction of sp³-hybridized carbons (Fsp3) is 0.158. The molecule has 0 aliphatic rings. The highest BCUT2D eigenvalue weighted by Crippen LogP contribution is 2.27. The van der Waals surface area contributed by atoms with E-state index >= 15 is 0 Å². The van der Waals surface area contributed by atoms with Crippen LogP contribution < -0.4 is 4.74 Å². The van der Waals surface area contributed by atoms with Crippen LogP contribution in [-0.4, -0.2) is 26.9 Å². The van der Waals surface area contributed by atoms with Gasteiger partial charge in [-0.15, -0.1) is 10.2 Å². The van der Waals surface area contributed by atoms with Crippen LogP contribution in [-0.2, 0) is 5.75 Å². The molecule has 28 heavy (non-hydrogen) atoms. The molecule has 0 amide bonds. The van der Waals surface area contributed by atoms with Gasteiger partial charge in [0.1, 0.15) is 5.75 Å². The number of hydrogen-bond donors (Lipinski definition) is 0. The van der Waals surface area contributed by atoms with E-state index in [0.717, 1.165) is 16.9 Å². The summed E-state index contributed by atoms with van der Waals surface area (Å²) in [4.78, 5) is 4.37. The summed E-state index contributed by atoms with van der Waals surface area (Å²) >= 11 is 7.22. The molecule has 0 radical (unpaired) electrons. The van der Waals surface area contributed by atoms with E-state index in [1.807, 2.05) is 43.3 Å². The molecular weight excluding hydrogens is 400 g/mol. The quantitative estimate of drug-likeness (QED) is 0.384. The predicted octanol–water partition coefficient (Wildman–Crippen LogP) is 5.13. The monoisotopic (exact) mass is 414 g/mol. The molecule has 0 unspecified atom stereocenters. The van der Waals surface area contributed by atoms with Crippen molar-refractivity contribution in [3.8, 4) is 28.6 Å². The third kappa shape index (κ3) is 4.35. The predicted molar refractivity (Wildman–Crippen MR) is 105 cm³/mol. The van der Waals surface area contributed by atoms with Crippen LogP contribution in [0.25, 0.3) is 22.8 Å². The molecule has 0 saturated carbocycles. The van der Waals surface area contributed by atoms with Crippen LogP contribution in [0.5, 0.6) is 5.75 Å². The third-order valence-corrected chi connectivity index (χ3v) is 4.76. The normalized spacial score (nSPS) is 10.9. The van der Waals surface area contributed by atoms with Crippen LogP contribution >= 0.6 is 23.4 Å². The summed E-state index contributed by atoms with van der Waals surface area (Å²) in [6.45, 7) is 2.56. The molecule has 0 atom stereocenters. The molecule has 0 N–H and O–H groups in total. The van der Waals surface area contributed by atoms with E-state index < -0.39 is 0 Å². The maximum absolute atomic E-state index is 5.89. The van der Waals surface area contributed by atoms with E-state index in [2.05, 4.69) is 20.3 Å². The van der Waals surface area contributed by atoms with Gasteiger partial charge in [-0.25, -0.2) is 0 Å². The molecule has 2 aromatic carbocycles. The van der Waals surface area contributed by atoms with Gasteiger partial charge in [0.15, 0.2) is 0 Å². The number of rotatable bonds is 7. The van der Waals surface area contributed by atoms with Gasteiger partial charge in [0.05, 0.1) is 12.4 Å². The molecule has 2 aromatic heterocycles. The number of aromatic nitrogens is 4. The highest BCUT2D eigenvalue weighted by Gasteiger charge is 2.13. The maximum atomic E-state index is 5.89. The first-order valence-corrected chi connectivity index (χ1v) is 9.85. The Labute approximate surface area is 170 Å². The van der Waals surface area contributed by atoms with Gasteiger partial charge in [-0.05, 0) is 55.5 Å². The summed E-state index contributed by atoms with van der Waals surface area (Å²) in [5.74, 6) is 2.64. The van der Waals surface area contributed by atoms with E-state index in [1.165, 1.54) is 11.8 Å². The molecule has 142 valence electrons. The second-order valence-corrected chi connectivity index (χ2v) is 7.00. The summed E-state index contributed by atoms with van der Waals surface area (Å²) in [7, 11) is 0. The van der Waals surface area contributed by atoms with Crippen LogP contribution in [0.2, 0.25) is 5.02 Å². The summed E-state index contributed by atoms with van der Waals surface area (Å²) in [6.07, 6.45) is 0. The van der Waals surface area contributed by atoms with Crippen molar-refractivity contribution in [2.75, 3.05) is 6.61 Å². The van der Waals surface area contributed by atoms with Gasteiger partial charge < -0.3 is 13.7 Å². The van der Waals surface area contributed by atoms with E-state index in [9.17, 15) is 0 Å². The molecule has 4 aromatic rings. The van der Waals surface area contributed by atoms with E-state index in [0.29, 0.717) is 40.2 Å². The van der Waals surface area contributed by atoms with Crippen molar-refractivity contribution in [2.24, 2.45) is 0 Å². The smallest absolute Gasteiger partial charge is 0.277 e. The number of hydrogen-bond acceptors (Lipinski definition) is 8. The molecule has 0 fully saturated rings. The van der Waals surface area contributed by atoms with Crippen molar-refractivity contribution >= 4 is 23.4 Å². The van der Waals surface area contributed by atoms with Crippen molar-refractivity contribution in [3.05, 3.63) is 59.4 Å². The van der Waals surface area contributed by atoms with Gasteiger partial charge in [0, 0.05) is 16.1 Å². The average Bonchev–Trinajstić information content (AvgIpc) is 3.38. The van der Waals surface area contributed by atoms with Crippen molar-refractivity contribution in [3.63, 3.8) is 0 Å². The fourth-order valence-electron chi connectivity index (χ4n) is 2.40. The SMILES string of the molecule is CCOc1ccc(-c2nnc(SCc3nc(-c4ccc(Cl)cc4)no3)o2)cc1. The molecule has 0 bridgehead atoms. The fourth-order valence-corrected chi connectivity index (χ4v) is 3.12. The Bertz CT molecular complexity index is 1050.